The van der Waals surface area contributed by atoms with Gasteiger partial charge in [-0.1, -0.05) is 13.0 Å². The van der Waals surface area contributed by atoms with Crippen molar-refractivity contribution in [1.82, 2.24) is 0 Å². The summed E-state index contributed by atoms with van der Waals surface area (Å²) in [4.78, 5) is 22.8. The standard InChI is InChI=1S/C20H23NO5/c1-2-12-25-18-6-3-5-15(14-18)20(24)21-16-8-10-17(11-9-16)26-13-4-7-19(22)23/h3,5-6,8-11,14H,2,4,7,12-13H2,1H3,(H,21,24)(H,22,23). The summed E-state index contributed by atoms with van der Waals surface area (Å²) < 4.78 is 11.0. The minimum absolute atomic E-state index is 0.0785. The number of benzene rings is 2. The van der Waals surface area contributed by atoms with Crippen LogP contribution < -0.4 is 14.8 Å². The van der Waals surface area contributed by atoms with Crippen molar-refractivity contribution >= 4 is 17.6 Å². The van der Waals surface area contributed by atoms with Crippen LogP contribution in [-0.2, 0) is 4.79 Å². The maximum atomic E-state index is 12.3. The van der Waals surface area contributed by atoms with Crippen molar-refractivity contribution in [2.75, 3.05) is 18.5 Å². The molecule has 0 bridgehead atoms. The summed E-state index contributed by atoms with van der Waals surface area (Å²) in [5.74, 6) is 0.242. The molecule has 0 heterocycles. The van der Waals surface area contributed by atoms with Gasteiger partial charge in [-0.15, -0.1) is 0 Å². The quantitative estimate of drug-likeness (QED) is 0.629. The smallest absolute Gasteiger partial charge is 0.303 e. The van der Waals surface area contributed by atoms with Crippen molar-refractivity contribution in [1.29, 1.82) is 0 Å². The molecule has 0 aliphatic carbocycles. The molecule has 0 aromatic heterocycles. The van der Waals surface area contributed by atoms with Crippen LogP contribution in [-0.4, -0.2) is 30.2 Å². The number of carbonyl (C=O) groups excluding carboxylic acids is 1. The molecule has 0 fully saturated rings. The highest BCUT2D eigenvalue weighted by atomic mass is 16.5. The lowest BCUT2D eigenvalue weighted by atomic mass is 10.2. The van der Waals surface area contributed by atoms with Crippen LogP contribution in [0.4, 0.5) is 5.69 Å². The Labute approximate surface area is 152 Å². The molecule has 26 heavy (non-hydrogen) atoms. The van der Waals surface area contributed by atoms with Crippen LogP contribution in [0.5, 0.6) is 11.5 Å². The fraction of sp³-hybridized carbons (Fsp3) is 0.300. The van der Waals surface area contributed by atoms with Crippen LogP contribution in [0.3, 0.4) is 0 Å². The van der Waals surface area contributed by atoms with E-state index >= 15 is 0 Å². The van der Waals surface area contributed by atoms with E-state index in [4.69, 9.17) is 14.6 Å². The Bertz CT molecular complexity index is 727. The number of nitrogens with one attached hydrogen (secondary N) is 1. The van der Waals surface area contributed by atoms with Gasteiger partial charge in [0.1, 0.15) is 11.5 Å². The van der Waals surface area contributed by atoms with E-state index in [1.165, 1.54) is 0 Å². The molecule has 2 rings (SSSR count). The summed E-state index contributed by atoms with van der Waals surface area (Å²) in [6.07, 6.45) is 1.43. The molecule has 0 aliphatic rings. The van der Waals surface area contributed by atoms with E-state index in [0.29, 0.717) is 42.4 Å². The Morgan fingerprint density at radius 2 is 1.73 bits per heavy atom. The Kier molecular flexibility index (Phi) is 7.49. The van der Waals surface area contributed by atoms with Crippen molar-refractivity contribution < 1.29 is 24.2 Å². The summed E-state index contributed by atoms with van der Waals surface area (Å²) in [7, 11) is 0. The van der Waals surface area contributed by atoms with Crippen molar-refractivity contribution in [2.24, 2.45) is 0 Å². The zero-order valence-electron chi connectivity index (χ0n) is 14.7. The van der Waals surface area contributed by atoms with Crippen LogP contribution >= 0.6 is 0 Å². The number of anilines is 1. The molecule has 138 valence electrons. The summed E-state index contributed by atoms with van der Waals surface area (Å²) >= 11 is 0. The van der Waals surface area contributed by atoms with Gasteiger partial charge in [-0.25, -0.2) is 0 Å². The highest BCUT2D eigenvalue weighted by molar-refractivity contribution is 6.04. The number of rotatable bonds is 10. The molecule has 0 radical (unpaired) electrons. The highest BCUT2D eigenvalue weighted by Crippen LogP contribution is 2.18. The normalized spacial score (nSPS) is 10.2. The molecule has 0 saturated carbocycles. The molecule has 2 N–H and O–H groups in total. The van der Waals surface area contributed by atoms with E-state index in [9.17, 15) is 9.59 Å². The van der Waals surface area contributed by atoms with Crippen LogP contribution in [0, 0.1) is 0 Å². The first-order chi connectivity index (χ1) is 12.6. The Morgan fingerprint density at radius 3 is 2.42 bits per heavy atom. The SMILES string of the molecule is CCCOc1cccc(C(=O)Nc2ccc(OCCCC(=O)O)cc2)c1. The number of carboxylic acids is 1. The van der Waals surface area contributed by atoms with E-state index in [2.05, 4.69) is 5.32 Å². The number of carbonyl (C=O) groups is 2. The van der Waals surface area contributed by atoms with E-state index < -0.39 is 5.97 Å². The molecule has 6 nitrogen and oxygen atoms in total. The molecule has 0 atom stereocenters. The number of hydrogen-bond acceptors (Lipinski definition) is 4. The van der Waals surface area contributed by atoms with Crippen molar-refractivity contribution in [3.8, 4) is 11.5 Å². The predicted octanol–water partition coefficient (Wildman–Crippen LogP) is 3.97. The van der Waals surface area contributed by atoms with Crippen LogP contribution in [0.15, 0.2) is 48.5 Å². The largest absolute Gasteiger partial charge is 0.494 e. The summed E-state index contributed by atoms with van der Waals surface area (Å²) in [6, 6.07) is 14.0. The van der Waals surface area contributed by atoms with Gasteiger partial charge < -0.3 is 19.9 Å². The van der Waals surface area contributed by atoms with Gasteiger partial charge in [0.25, 0.3) is 5.91 Å². The van der Waals surface area contributed by atoms with E-state index in [1.54, 1.807) is 42.5 Å². The zero-order valence-corrected chi connectivity index (χ0v) is 14.7. The van der Waals surface area contributed by atoms with E-state index in [0.717, 1.165) is 6.42 Å². The first kappa shape index (κ1) is 19.3. The van der Waals surface area contributed by atoms with Gasteiger partial charge in [-0.2, -0.15) is 0 Å². The van der Waals surface area contributed by atoms with Crippen LogP contribution in [0.25, 0.3) is 0 Å². The lowest BCUT2D eigenvalue weighted by molar-refractivity contribution is -0.137. The average Bonchev–Trinajstić information content (AvgIpc) is 2.65. The van der Waals surface area contributed by atoms with E-state index in [1.807, 2.05) is 13.0 Å². The molecule has 2 aromatic carbocycles. The number of carboxylic acid groups (broad SMARTS) is 1. The molecule has 0 spiro atoms. The molecule has 1 amide bonds. The Morgan fingerprint density at radius 1 is 1.00 bits per heavy atom. The van der Waals surface area contributed by atoms with Crippen molar-refractivity contribution in [2.45, 2.75) is 26.2 Å². The number of amides is 1. The Hall–Kier alpha value is -3.02. The Balaban J connectivity index is 1.88. The first-order valence-corrected chi connectivity index (χ1v) is 8.57. The highest BCUT2D eigenvalue weighted by Gasteiger charge is 2.08. The van der Waals surface area contributed by atoms with Gasteiger partial charge in [0.05, 0.1) is 13.2 Å². The minimum Gasteiger partial charge on any atom is -0.494 e. The third-order valence-corrected chi connectivity index (χ3v) is 3.48. The maximum Gasteiger partial charge on any atom is 0.303 e. The molecule has 0 saturated heterocycles. The molecule has 6 heteroatoms. The predicted molar refractivity (Wildman–Crippen MR) is 99.0 cm³/mol. The first-order valence-electron chi connectivity index (χ1n) is 8.57. The van der Waals surface area contributed by atoms with Crippen molar-refractivity contribution in [3.05, 3.63) is 54.1 Å². The second-order valence-corrected chi connectivity index (χ2v) is 5.70. The molecular formula is C20H23NO5. The van der Waals surface area contributed by atoms with Gasteiger partial charge in [0.2, 0.25) is 0 Å². The molecular weight excluding hydrogens is 334 g/mol. The number of aliphatic carboxylic acids is 1. The topological polar surface area (TPSA) is 84.9 Å². The van der Waals surface area contributed by atoms with Gasteiger partial charge >= 0.3 is 5.97 Å². The molecule has 0 unspecified atom stereocenters. The lowest BCUT2D eigenvalue weighted by Crippen LogP contribution is -2.12. The maximum absolute atomic E-state index is 12.3. The van der Waals surface area contributed by atoms with Gasteiger partial charge in [-0.3, -0.25) is 9.59 Å². The molecule has 0 aliphatic heterocycles. The summed E-state index contributed by atoms with van der Waals surface area (Å²) in [5.41, 5.74) is 1.17. The second-order valence-electron chi connectivity index (χ2n) is 5.70. The fourth-order valence-corrected chi connectivity index (χ4v) is 2.20. The number of hydrogen-bond donors (Lipinski definition) is 2. The average molecular weight is 357 g/mol. The van der Waals surface area contributed by atoms with Crippen LogP contribution in [0.1, 0.15) is 36.5 Å². The van der Waals surface area contributed by atoms with Crippen molar-refractivity contribution in [3.63, 3.8) is 0 Å². The minimum atomic E-state index is -0.837. The molecule has 2 aromatic rings. The van der Waals surface area contributed by atoms with Crippen LogP contribution in [0.2, 0.25) is 0 Å². The van der Waals surface area contributed by atoms with Gasteiger partial charge in [0.15, 0.2) is 0 Å². The lowest BCUT2D eigenvalue weighted by Gasteiger charge is -2.09. The summed E-state index contributed by atoms with van der Waals surface area (Å²) in [6.45, 7) is 2.97. The van der Waals surface area contributed by atoms with Gasteiger partial charge in [0, 0.05) is 17.7 Å². The van der Waals surface area contributed by atoms with E-state index in [-0.39, 0.29) is 12.3 Å². The zero-order chi connectivity index (χ0) is 18.8. The third-order valence-electron chi connectivity index (χ3n) is 3.48. The third kappa shape index (κ3) is 6.47. The second kappa shape index (κ2) is 10.1. The summed E-state index contributed by atoms with van der Waals surface area (Å²) in [5, 5.41) is 11.4. The number of ether oxygens (including phenoxy) is 2. The van der Waals surface area contributed by atoms with Gasteiger partial charge in [-0.05, 0) is 55.3 Å². The fourth-order valence-electron chi connectivity index (χ4n) is 2.20. The monoisotopic (exact) mass is 357 g/mol.